The van der Waals surface area contributed by atoms with E-state index in [0.717, 1.165) is 11.1 Å². The fraction of sp³-hybridized carbons (Fsp3) is 0.348. The maximum absolute atomic E-state index is 14.1. The van der Waals surface area contributed by atoms with E-state index in [1.807, 2.05) is 45.0 Å². The number of amides is 1. The zero-order chi connectivity index (χ0) is 21.7. The lowest BCUT2D eigenvalue weighted by Crippen LogP contribution is -2.39. The molecule has 3 rings (SSSR count). The van der Waals surface area contributed by atoms with Crippen LogP contribution in [0, 0.1) is 17.1 Å². The van der Waals surface area contributed by atoms with Crippen LogP contribution in [-0.2, 0) is 11.3 Å². The first-order chi connectivity index (χ1) is 14.3. The minimum atomic E-state index is -0.536. The maximum Gasteiger partial charge on any atom is 0.410 e. The largest absolute Gasteiger partial charge is 0.472 e. The minimum absolute atomic E-state index is 0.00112. The van der Waals surface area contributed by atoms with Gasteiger partial charge in [-0.25, -0.2) is 14.2 Å². The molecule has 0 radical (unpaired) electrons. The average molecular weight is 409 g/mol. The van der Waals surface area contributed by atoms with Gasteiger partial charge in [-0.1, -0.05) is 12.1 Å². The molecule has 1 aliphatic heterocycles. The molecule has 1 aliphatic rings. The van der Waals surface area contributed by atoms with Gasteiger partial charge in [0.05, 0.1) is 11.6 Å². The molecule has 0 bridgehead atoms. The van der Waals surface area contributed by atoms with E-state index < -0.39 is 11.4 Å². The van der Waals surface area contributed by atoms with Gasteiger partial charge in [0.2, 0.25) is 5.88 Å². The van der Waals surface area contributed by atoms with Crippen molar-refractivity contribution in [2.24, 2.45) is 0 Å². The van der Waals surface area contributed by atoms with Crippen LogP contribution in [0.4, 0.5) is 9.18 Å². The maximum atomic E-state index is 14.1. The second-order valence-corrected chi connectivity index (χ2v) is 7.97. The van der Waals surface area contributed by atoms with E-state index in [4.69, 9.17) is 14.7 Å². The lowest BCUT2D eigenvalue weighted by atomic mass is 10.0. The van der Waals surface area contributed by atoms with Crippen molar-refractivity contribution in [3.05, 3.63) is 65.1 Å². The summed E-state index contributed by atoms with van der Waals surface area (Å²) in [7, 11) is 0. The van der Waals surface area contributed by atoms with E-state index in [1.165, 1.54) is 12.1 Å². The van der Waals surface area contributed by atoms with Crippen LogP contribution in [0.15, 0.2) is 42.6 Å². The van der Waals surface area contributed by atoms with Crippen molar-refractivity contribution >= 4 is 11.7 Å². The van der Waals surface area contributed by atoms with Crippen LogP contribution in [0.5, 0.6) is 5.88 Å². The van der Waals surface area contributed by atoms with Gasteiger partial charge >= 0.3 is 6.09 Å². The Kier molecular flexibility index (Phi) is 6.36. The summed E-state index contributed by atoms with van der Waals surface area (Å²) in [5.74, 6) is -0.0883. The van der Waals surface area contributed by atoms with E-state index >= 15 is 0 Å². The standard InChI is InChI=1S/C23H24FN3O3/c1-23(2,3)30-22(28)27-11-8-17(9-12-27)19-5-4-10-26-21(19)29-15-18-7-6-16(14-25)13-20(18)24/h4-8,10,13H,9,11-12,15H2,1-3H3. The van der Waals surface area contributed by atoms with Gasteiger partial charge in [0.15, 0.2) is 0 Å². The van der Waals surface area contributed by atoms with E-state index in [0.29, 0.717) is 31.0 Å². The molecule has 0 fully saturated rings. The Morgan fingerprint density at radius 1 is 1.33 bits per heavy atom. The highest BCUT2D eigenvalue weighted by Crippen LogP contribution is 2.29. The van der Waals surface area contributed by atoms with Crippen LogP contribution >= 0.6 is 0 Å². The molecule has 2 heterocycles. The number of hydrogen-bond donors (Lipinski definition) is 0. The molecule has 30 heavy (non-hydrogen) atoms. The minimum Gasteiger partial charge on any atom is -0.472 e. The predicted molar refractivity (Wildman–Crippen MR) is 110 cm³/mol. The third-order valence-corrected chi connectivity index (χ3v) is 4.52. The quantitative estimate of drug-likeness (QED) is 0.732. The molecule has 0 atom stereocenters. The Labute approximate surface area is 175 Å². The monoisotopic (exact) mass is 409 g/mol. The first-order valence-electron chi connectivity index (χ1n) is 9.70. The summed E-state index contributed by atoms with van der Waals surface area (Å²) in [6, 6.07) is 9.89. The lowest BCUT2D eigenvalue weighted by Gasteiger charge is -2.29. The molecule has 6 nitrogen and oxygen atoms in total. The number of nitrogens with zero attached hydrogens (tertiary/aromatic N) is 3. The van der Waals surface area contributed by atoms with Gasteiger partial charge in [0.25, 0.3) is 0 Å². The number of rotatable bonds is 4. The lowest BCUT2D eigenvalue weighted by molar-refractivity contribution is 0.0270. The highest BCUT2D eigenvalue weighted by molar-refractivity contribution is 5.74. The van der Waals surface area contributed by atoms with Crippen LogP contribution in [-0.4, -0.2) is 34.7 Å². The number of benzene rings is 1. The second-order valence-electron chi connectivity index (χ2n) is 7.97. The van der Waals surface area contributed by atoms with Crippen molar-refractivity contribution in [1.29, 1.82) is 5.26 Å². The van der Waals surface area contributed by atoms with Gasteiger partial charge in [0.1, 0.15) is 18.0 Å². The van der Waals surface area contributed by atoms with Crippen LogP contribution in [0.1, 0.15) is 43.9 Å². The molecule has 2 aromatic rings. The summed E-state index contributed by atoms with van der Waals surface area (Å²) >= 11 is 0. The third-order valence-electron chi connectivity index (χ3n) is 4.52. The summed E-state index contributed by atoms with van der Waals surface area (Å²) in [5.41, 5.74) is 1.90. The third kappa shape index (κ3) is 5.35. The predicted octanol–water partition coefficient (Wildman–Crippen LogP) is 4.70. The normalized spacial score (nSPS) is 14.0. The van der Waals surface area contributed by atoms with E-state index in [2.05, 4.69) is 4.98 Å². The summed E-state index contributed by atoms with van der Waals surface area (Å²) < 4.78 is 25.3. The summed E-state index contributed by atoms with van der Waals surface area (Å²) in [4.78, 5) is 18.2. The Hall–Kier alpha value is -3.40. The van der Waals surface area contributed by atoms with E-state index in [9.17, 15) is 9.18 Å². The van der Waals surface area contributed by atoms with Gasteiger partial charge in [-0.05, 0) is 57.0 Å². The zero-order valence-corrected chi connectivity index (χ0v) is 17.3. The fourth-order valence-corrected chi connectivity index (χ4v) is 3.04. The molecule has 0 saturated carbocycles. The van der Waals surface area contributed by atoms with Crippen LogP contribution in [0.3, 0.4) is 0 Å². The number of aromatic nitrogens is 1. The molecule has 156 valence electrons. The second kappa shape index (κ2) is 8.95. The summed E-state index contributed by atoms with van der Waals surface area (Å²) in [5, 5.41) is 8.85. The summed E-state index contributed by atoms with van der Waals surface area (Å²) in [6.45, 7) is 6.48. The fourth-order valence-electron chi connectivity index (χ4n) is 3.04. The Morgan fingerprint density at radius 2 is 2.13 bits per heavy atom. The molecule has 0 saturated heterocycles. The molecular formula is C23H24FN3O3. The number of ether oxygens (including phenoxy) is 2. The topological polar surface area (TPSA) is 75.4 Å². The molecule has 1 amide bonds. The zero-order valence-electron chi connectivity index (χ0n) is 17.3. The van der Waals surface area contributed by atoms with Crippen molar-refractivity contribution < 1.29 is 18.7 Å². The first-order valence-corrected chi connectivity index (χ1v) is 9.70. The van der Waals surface area contributed by atoms with Gasteiger partial charge < -0.3 is 14.4 Å². The highest BCUT2D eigenvalue weighted by Gasteiger charge is 2.24. The average Bonchev–Trinajstić information content (AvgIpc) is 2.72. The SMILES string of the molecule is CC(C)(C)OC(=O)N1CC=C(c2cccnc2OCc2ccc(C#N)cc2F)CC1. The molecular weight excluding hydrogens is 385 g/mol. The molecule has 0 spiro atoms. The molecule has 0 N–H and O–H groups in total. The number of halogens is 1. The van der Waals surface area contributed by atoms with Gasteiger partial charge in [-0.15, -0.1) is 0 Å². The first kappa shape index (κ1) is 21.3. The highest BCUT2D eigenvalue weighted by atomic mass is 19.1. The van der Waals surface area contributed by atoms with E-state index in [1.54, 1.807) is 17.2 Å². The Bertz CT molecular complexity index is 1010. The molecule has 1 aromatic carbocycles. The van der Waals surface area contributed by atoms with Gasteiger partial charge in [-0.3, -0.25) is 0 Å². The Balaban J connectivity index is 1.70. The molecule has 0 unspecified atom stereocenters. The van der Waals surface area contributed by atoms with Crippen molar-refractivity contribution in [2.75, 3.05) is 13.1 Å². The van der Waals surface area contributed by atoms with Crippen LogP contribution in [0.25, 0.3) is 5.57 Å². The van der Waals surface area contributed by atoms with Crippen LogP contribution < -0.4 is 4.74 Å². The molecule has 1 aromatic heterocycles. The molecule has 0 aliphatic carbocycles. The van der Waals surface area contributed by atoms with Crippen molar-refractivity contribution in [3.8, 4) is 11.9 Å². The van der Waals surface area contributed by atoms with Crippen molar-refractivity contribution in [2.45, 2.75) is 39.4 Å². The Morgan fingerprint density at radius 3 is 2.77 bits per heavy atom. The smallest absolute Gasteiger partial charge is 0.410 e. The van der Waals surface area contributed by atoms with Gasteiger partial charge in [0, 0.05) is 30.4 Å². The van der Waals surface area contributed by atoms with Crippen molar-refractivity contribution in [1.82, 2.24) is 9.88 Å². The van der Waals surface area contributed by atoms with E-state index in [-0.39, 0.29) is 18.3 Å². The van der Waals surface area contributed by atoms with Crippen molar-refractivity contribution in [3.63, 3.8) is 0 Å². The number of hydrogen-bond acceptors (Lipinski definition) is 5. The number of carbonyl (C=O) groups excluding carboxylic acids is 1. The van der Waals surface area contributed by atoms with Crippen LogP contribution in [0.2, 0.25) is 0 Å². The van der Waals surface area contributed by atoms with Gasteiger partial charge in [-0.2, -0.15) is 5.26 Å². The summed E-state index contributed by atoms with van der Waals surface area (Å²) in [6.07, 6.45) is 3.87. The number of pyridine rings is 1. The number of carbonyl (C=O) groups is 1. The molecule has 7 heteroatoms. The number of nitriles is 1.